The predicted octanol–water partition coefficient (Wildman–Crippen LogP) is 3.74. The van der Waals surface area contributed by atoms with Gasteiger partial charge in [-0.1, -0.05) is 31.9 Å². The van der Waals surface area contributed by atoms with Crippen LogP contribution in [-0.4, -0.2) is 42.8 Å². The number of aromatic carboxylic acids is 1. The SMILES string of the molecule is CCCCCc1cc(C(=O)NS(=O)(=O)c2ccc(CCNC(=O)c3ccc(F)cc3)cc2)cnc1C(=O)O. The number of aromatic nitrogens is 1. The molecular formula is C27H28FN3O6S. The third-order valence-electron chi connectivity index (χ3n) is 5.75. The molecule has 3 rings (SSSR count). The lowest BCUT2D eigenvalue weighted by molar-refractivity contribution is 0.0688. The molecule has 9 nitrogen and oxygen atoms in total. The van der Waals surface area contributed by atoms with E-state index in [9.17, 15) is 32.3 Å². The normalized spacial score (nSPS) is 11.1. The van der Waals surface area contributed by atoms with E-state index in [1.54, 1.807) is 12.1 Å². The van der Waals surface area contributed by atoms with Crippen molar-refractivity contribution in [1.82, 2.24) is 15.0 Å². The fourth-order valence-electron chi connectivity index (χ4n) is 3.68. The molecule has 0 fully saturated rings. The summed E-state index contributed by atoms with van der Waals surface area (Å²) in [6, 6.07) is 12.3. The number of nitrogens with zero attached hydrogens (tertiary/aromatic N) is 1. The Hall–Kier alpha value is -4.12. The molecule has 3 N–H and O–H groups in total. The summed E-state index contributed by atoms with van der Waals surface area (Å²) < 4.78 is 40.5. The van der Waals surface area contributed by atoms with Gasteiger partial charge < -0.3 is 10.4 Å². The van der Waals surface area contributed by atoms with Crippen LogP contribution >= 0.6 is 0 Å². The highest BCUT2D eigenvalue weighted by Crippen LogP contribution is 2.16. The lowest BCUT2D eigenvalue weighted by Gasteiger charge is -2.10. The maximum Gasteiger partial charge on any atom is 0.354 e. The number of carbonyl (C=O) groups excluding carboxylic acids is 2. The number of carbonyl (C=O) groups is 3. The van der Waals surface area contributed by atoms with Crippen molar-refractivity contribution in [2.45, 2.75) is 43.9 Å². The number of unbranched alkanes of at least 4 members (excludes halogenated alkanes) is 2. The fourth-order valence-corrected chi connectivity index (χ4v) is 4.66. The third-order valence-corrected chi connectivity index (χ3v) is 7.09. The summed E-state index contributed by atoms with van der Waals surface area (Å²) >= 11 is 0. The van der Waals surface area contributed by atoms with E-state index in [4.69, 9.17) is 0 Å². The molecule has 3 aromatic rings. The van der Waals surface area contributed by atoms with E-state index in [0.29, 0.717) is 30.4 Å². The second kappa shape index (κ2) is 12.9. The van der Waals surface area contributed by atoms with E-state index in [0.717, 1.165) is 24.6 Å². The molecule has 0 aliphatic heterocycles. The number of carboxylic acid groups (broad SMARTS) is 1. The molecule has 1 heterocycles. The smallest absolute Gasteiger partial charge is 0.354 e. The van der Waals surface area contributed by atoms with E-state index >= 15 is 0 Å². The van der Waals surface area contributed by atoms with Crippen molar-refractivity contribution in [2.75, 3.05) is 6.54 Å². The highest BCUT2D eigenvalue weighted by molar-refractivity contribution is 7.90. The molecule has 0 aliphatic carbocycles. The average Bonchev–Trinajstić information content (AvgIpc) is 2.89. The Labute approximate surface area is 220 Å². The van der Waals surface area contributed by atoms with Gasteiger partial charge in [0.05, 0.1) is 10.5 Å². The second-order valence-electron chi connectivity index (χ2n) is 8.59. The number of rotatable bonds is 12. The molecular weight excluding hydrogens is 513 g/mol. The van der Waals surface area contributed by atoms with Crippen LogP contribution in [-0.2, 0) is 22.9 Å². The van der Waals surface area contributed by atoms with Crippen LogP contribution in [0.25, 0.3) is 0 Å². The molecule has 0 radical (unpaired) electrons. The van der Waals surface area contributed by atoms with Crippen molar-refractivity contribution in [3.8, 4) is 0 Å². The van der Waals surface area contributed by atoms with Crippen molar-refractivity contribution in [2.24, 2.45) is 0 Å². The summed E-state index contributed by atoms with van der Waals surface area (Å²) in [7, 11) is -4.20. The first-order valence-electron chi connectivity index (χ1n) is 12.0. The zero-order valence-electron chi connectivity index (χ0n) is 20.7. The number of hydrogen-bond donors (Lipinski definition) is 3. The van der Waals surface area contributed by atoms with Crippen LogP contribution in [0.2, 0.25) is 0 Å². The van der Waals surface area contributed by atoms with Gasteiger partial charge in [0.1, 0.15) is 5.82 Å². The van der Waals surface area contributed by atoms with Gasteiger partial charge in [0, 0.05) is 18.3 Å². The van der Waals surface area contributed by atoms with Crippen molar-refractivity contribution in [3.63, 3.8) is 0 Å². The number of nitrogens with one attached hydrogen (secondary N) is 2. The first-order chi connectivity index (χ1) is 18.1. The van der Waals surface area contributed by atoms with Gasteiger partial charge in [-0.3, -0.25) is 9.59 Å². The number of pyridine rings is 1. The van der Waals surface area contributed by atoms with Gasteiger partial charge in [-0.15, -0.1) is 0 Å². The molecule has 2 amide bonds. The Morgan fingerprint density at radius 2 is 1.61 bits per heavy atom. The largest absolute Gasteiger partial charge is 0.477 e. The van der Waals surface area contributed by atoms with Crippen LogP contribution in [0.5, 0.6) is 0 Å². The molecule has 0 unspecified atom stereocenters. The standard InChI is InChI=1S/C27H28FN3O6S/c1-2-3-4-5-20-16-21(17-30-24(20)27(34)35)26(33)31-38(36,37)23-12-6-18(7-13-23)14-15-29-25(32)19-8-10-22(28)11-9-19/h6-13,16-17H,2-5,14-15H2,1H3,(H,29,32)(H,31,33)(H,34,35). The van der Waals surface area contributed by atoms with Gasteiger partial charge in [0.15, 0.2) is 5.69 Å². The van der Waals surface area contributed by atoms with Gasteiger partial charge in [-0.2, -0.15) is 0 Å². The lowest BCUT2D eigenvalue weighted by atomic mass is 10.0. The molecule has 0 saturated carbocycles. The van der Waals surface area contributed by atoms with E-state index in [2.05, 4.69) is 10.3 Å². The molecule has 11 heteroatoms. The summed E-state index contributed by atoms with van der Waals surface area (Å²) in [6.07, 6.45) is 4.38. The van der Waals surface area contributed by atoms with Crippen molar-refractivity contribution in [3.05, 3.63) is 94.6 Å². The van der Waals surface area contributed by atoms with Crippen molar-refractivity contribution in [1.29, 1.82) is 0 Å². The zero-order valence-corrected chi connectivity index (χ0v) is 21.6. The first-order valence-corrected chi connectivity index (χ1v) is 13.5. The number of amides is 2. The minimum atomic E-state index is -4.20. The molecule has 38 heavy (non-hydrogen) atoms. The molecule has 0 saturated heterocycles. The molecule has 0 aliphatic rings. The summed E-state index contributed by atoms with van der Waals surface area (Å²) in [4.78, 5) is 39.9. The Morgan fingerprint density at radius 3 is 2.24 bits per heavy atom. The maximum atomic E-state index is 13.0. The summed E-state index contributed by atoms with van der Waals surface area (Å²) in [5, 5.41) is 12.1. The summed E-state index contributed by atoms with van der Waals surface area (Å²) in [5.74, 6) is -2.93. The van der Waals surface area contributed by atoms with E-state index < -0.39 is 27.7 Å². The number of benzene rings is 2. The fraction of sp³-hybridized carbons (Fsp3) is 0.259. The molecule has 200 valence electrons. The minimum Gasteiger partial charge on any atom is -0.477 e. The second-order valence-corrected chi connectivity index (χ2v) is 10.3. The predicted molar refractivity (Wildman–Crippen MR) is 138 cm³/mol. The topological polar surface area (TPSA) is 143 Å². The average molecular weight is 542 g/mol. The van der Waals surface area contributed by atoms with E-state index in [-0.39, 0.29) is 28.6 Å². The number of sulfonamides is 1. The number of halogens is 1. The van der Waals surface area contributed by atoms with E-state index in [1.807, 2.05) is 11.6 Å². The Kier molecular flexibility index (Phi) is 9.66. The highest BCUT2D eigenvalue weighted by Gasteiger charge is 2.21. The lowest BCUT2D eigenvalue weighted by Crippen LogP contribution is -2.31. The van der Waals surface area contributed by atoms with Gasteiger partial charge >= 0.3 is 5.97 Å². The van der Waals surface area contributed by atoms with Crippen LogP contribution in [0.4, 0.5) is 4.39 Å². The third kappa shape index (κ3) is 7.69. The molecule has 2 aromatic carbocycles. The van der Waals surface area contributed by atoms with Crippen LogP contribution in [0.1, 0.15) is 68.5 Å². The van der Waals surface area contributed by atoms with Gasteiger partial charge in [-0.25, -0.2) is 27.3 Å². The molecule has 0 spiro atoms. The summed E-state index contributed by atoms with van der Waals surface area (Å²) in [6.45, 7) is 2.28. The van der Waals surface area contributed by atoms with Crippen LogP contribution in [0.15, 0.2) is 65.7 Å². The van der Waals surface area contributed by atoms with Gasteiger partial charge in [0.2, 0.25) is 0 Å². The first kappa shape index (κ1) is 28.5. The number of aryl methyl sites for hydroxylation is 1. The Balaban J connectivity index is 1.61. The van der Waals surface area contributed by atoms with Gasteiger partial charge in [-0.05, 0) is 72.9 Å². The Bertz CT molecular complexity index is 1410. The summed E-state index contributed by atoms with van der Waals surface area (Å²) in [5.41, 5.74) is 1.22. The van der Waals surface area contributed by atoms with E-state index in [1.165, 1.54) is 42.5 Å². The van der Waals surface area contributed by atoms with Crippen molar-refractivity contribution < 1.29 is 32.3 Å². The van der Waals surface area contributed by atoms with Gasteiger partial charge in [0.25, 0.3) is 21.8 Å². The van der Waals surface area contributed by atoms with Crippen LogP contribution in [0.3, 0.4) is 0 Å². The Morgan fingerprint density at radius 1 is 0.921 bits per heavy atom. The maximum absolute atomic E-state index is 13.0. The highest BCUT2D eigenvalue weighted by atomic mass is 32.2. The van der Waals surface area contributed by atoms with Crippen LogP contribution in [0, 0.1) is 5.82 Å². The molecule has 0 bridgehead atoms. The monoisotopic (exact) mass is 541 g/mol. The number of hydrogen-bond acceptors (Lipinski definition) is 6. The molecule has 0 atom stereocenters. The van der Waals surface area contributed by atoms with Crippen molar-refractivity contribution >= 4 is 27.8 Å². The zero-order chi connectivity index (χ0) is 27.7. The minimum absolute atomic E-state index is 0.0569. The quantitative estimate of drug-likeness (QED) is 0.297. The van der Waals surface area contributed by atoms with Crippen LogP contribution < -0.4 is 10.0 Å². The molecule has 1 aromatic heterocycles. The number of carboxylic acids is 1.